The van der Waals surface area contributed by atoms with Gasteiger partial charge in [-0.1, -0.05) is 0 Å². The molecule has 0 aromatic carbocycles. The monoisotopic (exact) mass is 255 g/mol. The molecular weight excluding hydrogens is 245 g/mol. The predicted molar refractivity (Wildman–Crippen MR) is 67.1 cm³/mol. The highest BCUT2D eigenvalue weighted by molar-refractivity contribution is 5.71. The molecule has 5 nitrogen and oxygen atoms in total. The number of halogens is 1. The normalized spacial score (nSPS) is 10.6. The summed E-state index contributed by atoms with van der Waals surface area (Å²) in [4.78, 5) is 8.09. The van der Waals surface area contributed by atoms with E-state index in [0.29, 0.717) is 16.9 Å². The molecule has 3 heterocycles. The van der Waals surface area contributed by atoms with Gasteiger partial charge < -0.3 is 0 Å². The Balaban J connectivity index is 2.26. The van der Waals surface area contributed by atoms with Gasteiger partial charge >= 0.3 is 0 Å². The van der Waals surface area contributed by atoms with Crippen LogP contribution in [0.3, 0.4) is 0 Å². The smallest absolute Gasteiger partial charge is 0.149 e. The maximum Gasteiger partial charge on any atom is 0.149 e. The molecule has 0 fully saturated rings. The number of pyridine rings is 2. The molecule has 0 amide bonds. The van der Waals surface area contributed by atoms with Crippen molar-refractivity contribution >= 4 is 0 Å². The Bertz CT molecular complexity index is 709. The molecule has 0 saturated heterocycles. The Labute approximate surface area is 108 Å². The molecule has 0 radical (unpaired) electrons. The van der Waals surface area contributed by atoms with Gasteiger partial charge in [-0.05, 0) is 24.6 Å². The highest BCUT2D eigenvalue weighted by atomic mass is 19.1. The van der Waals surface area contributed by atoms with Gasteiger partial charge in [-0.3, -0.25) is 9.55 Å². The zero-order valence-corrected chi connectivity index (χ0v) is 10.2. The fourth-order valence-corrected chi connectivity index (χ4v) is 1.87. The van der Waals surface area contributed by atoms with E-state index < -0.39 is 0 Å². The van der Waals surface area contributed by atoms with Crippen molar-refractivity contribution in [3.8, 4) is 16.9 Å². The van der Waals surface area contributed by atoms with E-state index in [2.05, 4.69) is 20.2 Å². The zero-order valence-electron chi connectivity index (χ0n) is 10.2. The first kappa shape index (κ1) is 11.5. The van der Waals surface area contributed by atoms with E-state index in [4.69, 9.17) is 0 Å². The van der Waals surface area contributed by atoms with Crippen molar-refractivity contribution in [1.82, 2.24) is 24.7 Å². The second-order valence-electron chi connectivity index (χ2n) is 4.11. The third-order valence-electron chi connectivity index (χ3n) is 2.73. The number of rotatable bonds is 2. The molecule has 19 heavy (non-hydrogen) atoms. The average Bonchev–Trinajstić information content (AvgIpc) is 2.93. The fourth-order valence-electron chi connectivity index (χ4n) is 1.87. The Morgan fingerprint density at radius 2 is 1.89 bits per heavy atom. The average molecular weight is 255 g/mol. The standard InChI is InChI=1S/C13H10FN5/c1-9-4-11(10-2-3-15-6-12(10)14)13(16-5-9)19-7-17-18-8-19/h2-8H,1H3. The molecule has 0 aliphatic carbocycles. The molecule has 0 spiro atoms. The summed E-state index contributed by atoms with van der Waals surface area (Å²) >= 11 is 0. The molecule has 3 rings (SSSR count). The third kappa shape index (κ3) is 2.08. The molecule has 3 aromatic rings. The van der Waals surface area contributed by atoms with Crippen LogP contribution >= 0.6 is 0 Å². The van der Waals surface area contributed by atoms with E-state index in [1.807, 2.05) is 13.0 Å². The van der Waals surface area contributed by atoms with Crippen LogP contribution in [0.1, 0.15) is 5.56 Å². The van der Waals surface area contributed by atoms with Crippen LogP contribution < -0.4 is 0 Å². The minimum atomic E-state index is -0.385. The molecule has 0 atom stereocenters. The largest absolute Gasteiger partial charge is 0.271 e. The van der Waals surface area contributed by atoms with Crippen molar-refractivity contribution in [1.29, 1.82) is 0 Å². The molecule has 0 unspecified atom stereocenters. The lowest BCUT2D eigenvalue weighted by Crippen LogP contribution is -2.00. The van der Waals surface area contributed by atoms with Crippen LogP contribution in [0, 0.1) is 12.7 Å². The SMILES string of the molecule is Cc1cnc(-n2cnnc2)c(-c2ccncc2F)c1. The summed E-state index contributed by atoms with van der Waals surface area (Å²) < 4.78 is 15.5. The lowest BCUT2D eigenvalue weighted by Gasteiger charge is -2.10. The molecule has 0 bridgehead atoms. The van der Waals surface area contributed by atoms with Gasteiger partial charge in [0.1, 0.15) is 24.3 Å². The van der Waals surface area contributed by atoms with Crippen molar-refractivity contribution in [2.75, 3.05) is 0 Å². The van der Waals surface area contributed by atoms with Crippen molar-refractivity contribution in [3.05, 3.63) is 54.8 Å². The second kappa shape index (κ2) is 4.56. The van der Waals surface area contributed by atoms with Crippen LogP contribution in [0.5, 0.6) is 0 Å². The van der Waals surface area contributed by atoms with Crippen LogP contribution in [0.15, 0.2) is 43.4 Å². The van der Waals surface area contributed by atoms with Gasteiger partial charge in [0.2, 0.25) is 0 Å². The van der Waals surface area contributed by atoms with E-state index in [0.717, 1.165) is 5.56 Å². The van der Waals surface area contributed by atoms with E-state index in [-0.39, 0.29) is 5.82 Å². The maximum atomic E-state index is 13.9. The van der Waals surface area contributed by atoms with Crippen LogP contribution in [-0.2, 0) is 0 Å². The predicted octanol–water partition coefficient (Wildman–Crippen LogP) is 2.17. The Morgan fingerprint density at radius 1 is 1.11 bits per heavy atom. The second-order valence-corrected chi connectivity index (χ2v) is 4.11. The molecule has 94 valence electrons. The van der Waals surface area contributed by atoms with Crippen molar-refractivity contribution in [2.24, 2.45) is 0 Å². The first-order valence-electron chi connectivity index (χ1n) is 5.67. The van der Waals surface area contributed by atoms with Gasteiger partial charge in [0, 0.05) is 23.5 Å². The Kier molecular flexibility index (Phi) is 2.75. The molecular formula is C13H10FN5. The molecule has 6 heteroatoms. The maximum absolute atomic E-state index is 13.9. The highest BCUT2D eigenvalue weighted by Gasteiger charge is 2.12. The number of hydrogen-bond donors (Lipinski definition) is 0. The number of aryl methyl sites for hydroxylation is 1. The minimum Gasteiger partial charge on any atom is -0.271 e. The van der Waals surface area contributed by atoms with Crippen molar-refractivity contribution in [3.63, 3.8) is 0 Å². The number of hydrogen-bond acceptors (Lipinski definition) is 4. The summed E-state index contributed by atoms with van der Waals surface area (Å²) in [5.74, 6) is 0.199. The van der Waals surface area contributed by atoms with Crippen LogP contribution in [-0.4, -0.2) is 24.7 Å². The molecule has 0 N–H and O–H groups in total. The summed E-state index contributed by atoms with van der Waals surface area (Å²) in [5, 5.41) is 7.49. The van der Waals surface area contributed by atoms with E-state index in [9.17, 15) is 4.39 Å². The molecule has 0 aliphatic heterocycles. The third-order valence-corrected chi connectivity index (χ3v) is 2.73. The van der Waals surface area contributed by atoms with Crippen molar-refractivity contribution in [2.45, 2.75) is 6.92 Å². The molecule has 0 saturated carbocycles. The summed E-state index contributed by atoms with van der Waals surface area (Å²) in [6, 6.07) is 3.50. The quantitative estimate of drug-likeness (QED) is 0.704. The van der Waals surface area contributed by atoms with Gasteiger partial charge in [-0.2, -0.15) is 0 Å². The lowest BCUT2D eigenvalue weighted by atomic mass is 10.1. The van der Waals surface area contributed by atoms with Crippen LogP contribution in [0.25, 0.3) is 16.9 Å². The summed E-state index contributed by atoms with van der Waals surface area (Å²) in [5.41, 5.74) is 2.08. The van der Waals surface area contributed by atoms with Crippen molar-refractivity contribution < 1.29 is 4.39 Å². The lowest BCUT2D eigenvalue weighted by molar-refractivity contribution is 0.624. The molecule has 3 aromatic heterocycles. The summed E-state index contributed by atoms with van der Waals surface area (Å²) in [6.45, 7) is 1.91. The fraction of sp³-hybridized carbons (Fsp3) is 0.0769. The van der Waals surface area contributed by atoms with Gasteiger partial charge in [-0.25, -0.2) is 9.37 Å². The van der Waals surface area contributed by atoms with Gasteiger partial charge in [0.05, 0.1) is 6.20 Å². The van der Waals surface area contributed by atoms with Gasteiger partial charge in [0.15, 0.2) is 0 Å². The van der Waals surface area contributed by atoms with Crippen LogP contribution in [0.4, 0.5) is 4.39 Å². The minimum absolute atomic E-state index is 0.385. The first-order valence-corrected chi connectivity index (χ1v) is 5.67. The number of aromatic nitrogens is 5. The first-order chi connectivity index (χ1) is 9.25. The van der Waals surface area contributed by atoms with E-state index in [1.54, 1.807) is 23.0 Å². The Hall–Kier alpha value is -2.63. The van der Waals surface area contributed by atoms with Gasteiger partial charge in [0.25, 0.3) is 0 Å². The van der Waals surface area contributed by atoms with Crippen LogP contribution in [0.2, 0.25) is 0 Å². The topological polar surface area (TPSA) is 56.5 Å². The van der Waals surface area contributed by atoms with E-state index >= 15 is 0 Å². The summed E-state index contributed by atoms with van der Waals surface area (Å²) in [7, 11) is 0. The van der Waals surface area contributed by atoms with Gasteiger partial charge in [-0.15, -0.1) is 10.2 Å². The Morgan fingerprint density at radius 3 is 2.63 bits per heavy atom. The summed E-state index contributed by atoms with van der Waals surface area (Å²) in [6.07, 6.45) is 7.52. The zero-order chi connectivity index (χ0) is 13.2. The molecule has 0 aliphatic rings. The number of nitrogens with zero attached hydrogens (tertiary/aromatic N) is 5. The van der Waals surface area contributed by atoms with E-state index in [1.165, 1.54) is 18.9 Å². The highest BCUT2D eigenvalue weighted by Crippen LogP contribution is 2.27.